The average molecular weight is 707 g/mol. The van der Waals surface area contributed by atoms with Crippen molar-refractivity contribution in [2.24, 2.45) is 11.0 Å². The molecule has 13 heteroatoms. The molecule has 50 heavy (non-hydrogen) atoms. The molecular formula is C37H38ClF3N6O3. The molecule has 0 bridgehead atoms. The fourth-order valence-corrected chi connectivity index (χ4v) is 6.09. The Kier molecular flexibility index (Phi) is 11.7. The van der Waals surface area contributed by atoms with E-state index in [0.717, 1.165) is 35.4 Å². The Morgan fingerprint density at radius 3 is 2.34 bits per heavy atom. The van der Waals surface area contributed by atoms with Crippen LogP contribution in [-0.4, -0.2) is 47.3 Å². The second-order valence-corrected chi connectivity index (χ2v) is 12.4. The summed E-state index contributed by atoms with van der Waals surface area (Å²) in [5, 5.41) is 13.1. The lowest BCUT2D eigenvalue weighted by molar-refractivity contribution is -0.144. The summed E-state index contributed by atoms with van der Waals surface area (Å²) >= 11 is 6.20. The van der Waals surface area contributed by atoms with Crippen molar-refractivity contribution >= 4 is 41.0 Å². The van der Waals surface area contributed by atoms with Gasteiger partial charge in [-0.25, -0.2) is 14.8 Å². The molecule has 0 fully saturated rings. The third-order valence-electron chi connectivity index (χ3n) is 8.64. The molecule has 0 saturated heterocycles. The topological polar surface area (TPSA) is 109 Å². The maximum atomic E-state index is 14.0. The maximum Gasteiger partial charge on any atom is 0.416 e. The number of carbonyl (C=O) groups excluding carboxylic acids is 2. The number of methoxy groups -OCH3 is 1. The van der Waals surface area contributed by atoms with Crippen LogP contribution in [0.2, 0.25) is 5.02 Å². The van der Waals surface area contributed by atoms with E-state index < -0.39 is 29.7 Å². The lowest BCUT2D eigenvalue weighted by atomic mass is 9.90. The first-order chi connectivity index (χ1) is 24.0. The molecule has 9 nitrogen and oxygen atoms in total. The molecule has 4 aromatic rings. The van der Waals surface area contributed by atoms with Gasteiger partial charge in [-0.15, -0.1) is 0 Å². The van der Waals surface area contributed by atoms with Gasteiger partial charge in [0.25, 0.3) is 5.91 Å². The lowest BCUT2D eigenvalue weighted by Gasteiger charge is -2.25. The minimum Gasteiger partial charge on any atom is -0.467 e. The molecule has 2 heterocycles. The molecule has 262 valence electrons. The van der Waals surface area contributed by atoms with E-state index in [1.807, 2.05) is 56.3 Å². The Morgan fingerprint density at radius 1 is 1.02 bits per heavy atom. The van der Waals surface area contributed by atoms with Crippen molar-refractivity contribution in [2.45, 2.75) is 57.8 Å². The second-order valence-electron chi connectivity index (χ2n) is 11.9. The standard InChI is InChI=1S/C37H38ClF3N6O3/c1-4-9-24(5-2)32(35(49)50-3)44-34(48)29-21-43-36(42-20-23-12-16-27(17-13-23)37(39,40)41)45-33(29)47-22-30(25-10-7-6-8-11-25)31(46-47)26-14-18-28(38)19-15-26/h6-8,10-19,21,24,30,32H,4-5,9,20,22H2,1-3H3,(H,44,48)(H,42,43,45). The summed E-state index contributed by atoms with van der Waals surface area (Å²) in [6.07, 6.45) is -0.933. The summed E-state index contributed by atoms with van der Waals surface area (Å²) in [5.41, 5.74) is 2.47. The number of rotatable bonds is 13. The van der Waals surface area contributed by atoms with Crippen molar-refractivity contribution in [1.82, 2.24) is 15.3 Å². The van der Waals surface area contributed by atoms with Gasteiger partial charge in [-0.05, 0) is 53.3 Å². The highest BCUT2D eigenvalue weighted by atomic mass is 35.5. The number of hydrogen-bond donors (Lipinski definition) is 2. The van der Waals surface area contributed by atoms with E-state index >= 15 is 0 Å². The van der Waals surface area contributed by atoms with Crippen LogP contribution in [0.5, 0.6) is 0 Å². The summed E-state index contributed by atoms with van der Waals surface area (Å²) in [5.74, 6) is -1.18. The van der Waals surface area contributed by atoms with Crippen molar-refractivity contribution in [3.05, 3.63) is 118 Å². The molecule has 0 saturated carbocycles. The molecule has 3 unspecified atom stereocenters. The minimum absolute atomic E-state index is 0.0817. The zero-order valence-corrected chi connectivity index (χ0v) is 28.6. The molecule has 3 atom stereocenters. The number of halogens is 4. The van der Waals surface area contributed by atoms with Gasteiger partial charge in [0.1, 0.15) is 11.6 Å². The zero-order chi connectivity index (χ0) is 35.8. The van der Waals surface area contributed by atoms with Gasteiger partial charge in [0.15, 0.2) is 5.82 Å². The number of hydrazone groups is 1. The van der Waals surface area contributed by atoms with Gasteiger partial charge in [0, 0.05) is 23.7 Å². The molecule has 0 radical (unpaired) electrons. The Bertz CT molecular complexity index is 1800. The quantitative estimate of drug-likeness (QED) is 0.136. The molecule has 3 aromatic carbocycles. The number of alkyl halides is 3. The molecule has 2 N–H and O–H groups in total. The number of nitrogens with one attached hydrogen (secondary N) is 2. The third-order valence-corrected chi connectivity index (χ3v) is 8.89. The number of benzene rings is 3. The zero-order valence-electron chi connectivity index (χ0n) is 27.9. The van der Waals surface area contributed by atoms with E-state index in [1.165, 1.54) is 25.4 Å². The molecular weight excluding hydrogens is 669 g/mol. The van der Waals surface area contributed by atoms with Crippen molar-refractivity contribution < 1.29 is 27.5 Å². The number of aromatic nitrogens is 2. The van der Waals surface area contributed by atoms with Gasteiger partial charge in [0.05, 0.1) is 24.9 Å². The van der Waals surface area contributed by atoms with E-state index in [9.17, 15) is 22.8 Å². The highest BCUT2D eigenvalue weighted by Crippen LogP contribution is 2.34. The van der Waals surface area contributed by atoms with Gasteiger partial charge in [-0.1, -0.05) is 92.9 Å². The fraction of sp³-hybridized carbons (Fsp3) is 0.324. The number of esters is 1. The summed E-state index contributed by atoms with van der Waals surface area (Å²) in [6, 6.07) is 21.0. The summed E-state index contributed by atoms with van der Waals surface area (Å²) in [4.78, 5) is 36.0. The minimum atomic E-state index is -4.44. The van der Waals surface area contributed by atoms with Gasteiger partial charge in [0.2, 0.25) is 5.95 Å². The van der Waals surface area contributed by atoms with Crippen molar-refractivity contribution in [3.8, 4) is 0 Å². The number of ether oxygens (including phenoxy) is 1. The first-order valence-corrected chi connectivity index (χ1v) is 16.7. The monoisotopic (exact) mass is 706 g/mol. The number of anilines is 2. The molecule has 1 aliphatic heterocycles. The summed E-state index contributed by atoms with van der Waals surface area (Å²) in [7, 11) is 1.28. The van der Waals surface area contributed by atoms with E-state index in [2.05, 4.69) is 15.6 Å². The van der Waals surface area contributed by atoms with E-state index in [1.54, 1.807) is 17.1 Å². The van der Waals surface area contributed by atoms with Crippen LogP contribution < -0.4 is 15.6 Å². The largest absolute Gasteiger partial charge is 0.467 e. The van der Waals surface area contributed by atoms with Crippen LogP contribution in [0.15, 0.2) is 90.2 Å². The highest BCUT2D eigenvalue weighted by molar-refractivity contribution is 6.30. The Morgan fingerprint density at radius 2 is 1.72 bits per heavy atom. The van der Waals surface area contributed by atoms with Gasteiger partial charge >= 0.3 is 12.1 Å². The second kappa shape index (κ2) is 16.2. The van der Waals surface area contributed by atoms with Crippen LogP contribution in [0.1, 0.15) is 71.6 Å². The van der Waals surface area contributed by atoms with Crippen molar-refractivity contribution in [3.63, 3.8) is 0 Å². The SMILES string of the molecule is CCCC(CC)C(NC(=O)c1cnc(NCc2ccc(C(F)(F)F)cc2)nc1N1CC(c2ccccc2)C(c2ccc(Cl)cc2)=N1)C(=O)OC. The van der Waals surface area contributed by atoms with Gasteiger partial charge < -0.3 is 15.4 Å². The molecule has 5 rings (SSSR count). The van der Waals surface area contributed by atoms with Crippen LogP contribution in [0.3, 0.4) is 0 Å². The van der Waals surface area contributed by atoms with Crippen LogP contribution in [0.25, 0.3) is 0 Å². The van der Waals surface area contributed by atoms with E-state index in [4.69, 9.17) is 26.4 Å². The number of nitrogens with zero attached hydrogens (tertiary/aromatic N) is 4. The van der Waals surface area contributed by atoms with E-state index in [0.29, 0.717) is 30.0 Å². The van der Waals surface area contributed by atoms with Gasteiger partial charge in [-0.2, -0.15) is 23.3 Å². The fourth-order valence-electron chi connectivity index (χ4n) is 5.96. The first-order valence-electron chi connectivity index (χ1n) is 16.3. The molecule has 1 aromatic heterocycles. The summed E-state index contributed by atoms with van der Waals surface area (Å²) < 4.78 is 44.3. The smallest absolute Gasteiger partial charge is 0.416 e. The predicted molar refractivity (Wildman–Crippen MR) is 187 cm³/mol. The lowest BCUT2D eigenvalue weighted by Crippen LogP contribution is -2.46. The predicted octanol–water partition coefficient (Wildman–Crippen LogP) is 7.87. The van der Waals surface area contributed by atoms with Crippen molar-refractivity contribution in [1.29, 1.82) is 0 Å². The van der Waals surface area contributed by atoms with Crippen LogP contribution >= 0.6 is 11.6 Å². The number of hydrogen-bond acceptors (Lipinski definition) is 8. The number of amides is 1. The normalized spacial score (nSPS) is 15.6. The van der Waals surface area contributed by atoms with Crippen molar-refractivity contribution in [2.75, 3.05) is 24.0 Å². The summed E-state index contributed by atoms with van der Waals surface area (Å²) in [6.45, 7) is 4.41. The molecule has 0 aliphatic carbocycles. The molecule has 1 aliphatic rings. The average Bonchev–Trinajstić information content (AvgIpc) is 3.57. The van der Waals surface area contributed by atoms with Gasteiger partial charge in [-0.3, -0.25) is 4.79 Å². The van der Waals surface area contributed by atoms with E-state index in [-0.39, 0.29) is 35.7 Å². The van der Waals surface area contributed by atoms with Crippen LogP contribution in [0, 0.1) is 5.92 Å². The molecule has 0 spiro atoms. The number of carbonyl (C=O) groups is 2. The first kappa shape index (κ1) is 36.3. The highest BCUT2D eigenvalue weighted by Gasteiger charge is 2.35. The third kappa shape index (κ3) is 8.60. The van der Waals surface area contributed by atoms with Crippen LogP contribution in [0.4, 0.5) is 24.9 Å². The molecule has 1 amide bonds. The van der Waals surface area contributed by atoms with Crippen LogP contribution in [-0.2, 0) is 22.3 Å². The Hall–Kier alpha value is -4.97. The Balaban J connectivity index is 1.53. The maximum absolute atomic E-state index is 14.0. The Labute approximate surface area is 293 Å².